The Kier molecular flexibility index (Phi) is 9.46. The lowest BCUT2D eigenvalue weighted by Gasteiger charge is -2.32. The van der Waals surface area contributed by atoms with Crippen LogP contribution in [0.5, 0.6) is 0 Å². The van der Waals surface area contributed by atoms with Crippen LogP contribution < -0.4 is 4.90 Å². The highest BCUT2D eigenvalue weighted by molar-refractivity contribution is 5.86. The first kappa shape index (κ1) is 26.2. The summed E-state index contributed by atoms with van der Waals surface area (Å²) in [5.41, 5.74) is 1.43. The average molecular weight is 483 g/mol. The van der Waals surface area contributed by atoms with E-state index in [9.17, 15) is 13.6 Å². The van der Waals surface area contributed by atoms with E-state index in [1.807, 2.05) is 18.7 Å². The molecule has 0 bridgehead atoms. The standard InChI is InChI=1S/C24H36F2N4O4/c1-17(2)33-24(32)30-10-6-20(7-11-30)34-27-19-4-8-29(9-5-19)23-15-21(25)18(14-22(23)26)16-28(3)12-13-31/h14-15,17,20,31H,4-13,16H2,1-3H3. The highest BCUT2D eigenvalue weighted by Gasteiger charge is 2.26. The van der Waals surface area contributed by atoms with Gasteiger partial charge >= 0.3 is 6.09 Å². The molecule has 2 saturated heterocycles. The van der Waals surface area contributed by atoms with Gasteiger partial charge in [-0.25, -0.2) is 13.6 Å². The summed E-state index contributed by atoms with van der Waals surface area (Å²) < 4.78 is 34.5. The lowest BCUT2D eigenvalue weighted by atomic mass is 10.1. The highest BCUT2D eigenvalue weighted by atomic mass is 19.1. The summed E-state index contributed by atoms with van der Waals surface area (Å²) in [6.07, 6.45) is 2.14. The topological polar surface area (TPSA) is 77.8 Å². The second-order valence-corrected chi connectivity index (χ2v) is 9.23. The van der Waals surface area contributed by atoms with E-state index in [0.29, 0.717) is 58.4 Å². The number of likely N-dealkylation sites (N-methyl/N-ethyl adjacent to an activating group) is 1. The van der Waals surface area contributed by atoms with Gasteiger partial charge in [-0.15, -0.1) is 0 Å². The lowest BCUT2D eigenvalue weighted by molar-refractivity contribution is 0.00415. The number of ether oxygens (including phenoxy) is 1. The van der Waals surface area contributed by atoms with Crippen molar-refractivity contribution in [2.24, 2.45) is 5.16 Å². The second kappa shape index (κ2) is 12.3. The number of piperidine rings is 2. The van der Waals surface area contributed by atoms with Crippen molar-refractivity contribution in [1.82, 2.24) is 9.80 Å². The van der Waals surface area contributed by atoms with E-state index < -0.39 is 11.6 Å². The van der Waals surface area contributed by atoms with Crippen LogP contribution >= 0.6 is 0 Å². The molecule has 0 spiro atoms. The summed E-state index contributed by atoms with van der Waals surface area (Å²) in [5.74, 6) is -0.902. The van der Waals surface area contributed by atoms with E-state index in [1.54, 1.807) is 16.8 Å². The fourth-order valence-corrected chi connectivity index (χ4v) is 4.15. The predicted molar refractivity (Wildman–Crippen MR) is 126 cm³/mol. The number of hydrogen-bond donors (Lipinski definition) is 1. The van der Waals surface area contributed by atoms with Crippen molar-refractivity contribution in [1.29, 1.82) is 0 Å². The Bertz CT molecular complexity index is 850. The third-order valence-electron chi connectivity index (χ3n) is 6.09. The van der Waals surface area contributed by atoms with E-state index in [2.05, 4.69) is 5.16 Å². The molecular weight excluding hydrogens is 446 g/mol. The van der Waals surface area contributed by atoms with Gasteiger partial charge in [0.05, 0.1) is 24.1 Å². The molecule has 190 valence electrons. The van der Waals surface area contributed by atoms with Gasteiger partial charge in [0.15, 0.2) is 0 Å². The molecule has 34 heavy (non-hydrogen) atoms. The fraction of sp³-hybridized carbons (Fsp3) is 0.667. The third-order valence-corrected chi connectivity index (χ3v) is 6.09. The monoisotopic (exact) mass is 482 g/mol. The van der Waals surface area contributed by atoms with Crippen LogP contribution in [0.3, 0.4) is 0 Å². The number of nitrogens with zero attached hydrogens (tertiary/aromatic N) is 4. The van der Waals surface area contributed by atoms with Gasteiger partial charge in [0.25, 0.3) is 0 Å². The number of oxime groups is 1. The first-order chi connectivity index (χ1) is 16.3. The molecule has 0 unspecified atom stereocenters. The number of halogens is 2. The predicted octanol–water partition coefficient (Wildman–Crippen LogP) is 3.37. The molecule has 2 aliphatic heterocycles. The van der Waals surface area contributed by atoms with Gasteiger partial charge in [0, 0.05) is 76.6 Å². The molecule has 0 atom stereocenters. The number of carbonyl (C=O) groups is 1. The zero-order valence-corrected chi connectivity index (χ0v) is 20.3. The van der Waals surface area contributed by atoms with Gasteiger partial charge in [-0.3, -0.25) is 4.90 Å². The number of anilines is 1. The molecule has 1 N–H and O–H groups in total. The molecule has 2 heterocycles. The summed E-state index contributed by atoms with van der Waals surface area (Å²) >= 11 is 0. The fourth-order valence-electron chi connectivity index (χ4n) is 4.15. The van der Waals surface area contributed by atoms with Crippen LogP contribution in [0.25, 0.3) is 0 Å². The quantitative estimate of drug-likeness (QED) is 0.573. The Hall–Kier alpha value is -2.46. The smallest absolute Gasteiger partial charge is 0.410 e. The highest BCUT2D eigenvalue weighted by Crippen LogP contribution is 2.26. The van der Waals surface area contributed by atoms with Crippen molar-refractivity contribution >= 4 is 17.5 Å². The maximum Gasteiger partial charge on any atom is 0.410 e. The van der Waals surface area contributed by atoms with E-state index in [-0.39, 0.29) is 42.7 Å². The molecular formula is C24H36F2N4O4. The Morgan fingerprint density at radius 2 is 1.85 bits per heavy atom. The molecule has 8 nitrogen and oxygen atoms in total. The SMILES string of the molecule is CC(C)OC(=O)N1CCC(ON=C2CCN(c3cc(F)c(CN(C)CCO)cc3F)CC2)CC1. The minimum atomic E-state index is -0.451. The Morgan fingerprint density at radius 3 is 2.47 bits per heavy atom. The molecule has 1 aromatic carbocycles. The Morgan fingerprint density at radius 1 is 1.18 bits per heavy atom. The van der Waals surface area contributed by atoms with Crippen molar-refractivity contribution in [3.63, 3.8) is 0 Å². The number of amides is 1. The van der Waals surface area contributed by atoms with Gasteiger partial charge in [-0.1, -0.05) is 5.16 Å². The maximum absolute atomic E-state index is 14.7. The van der Waals surface area contributed by atoms with E-state index in [4.69, 9.17) is 14.7 Å². The normalized spacial score (nSPS) is 17.5. The third kappa shape index (κ3) is 7.27. The molecule has 3 rings (SSSR count). The number of likely N-dealkylation sites (tertiary alicyclic amines) is 1. The van der Waals surface area contributed by atoms with Crippen LogP contribution in [0.15, 0.2) is 17.3 Å². The summed E-state index contributed by atoms with van der Waals surface area (Å²) in [4.78, 5) is 23.0. The largest absolute Gasteiger partial charge is 0.447 e. The van der Waals surface area contributed by atoms with Crippen molar-refractivity contribution in [2.45, 2.75) is 58.3 Å². The average Bonchev–Trinajstić information content (AvgIpc) is 2.80. The maximum atomic E-state index is 14.7. The molecule has 2 fully saturated rings. The molecule has 1 aromatic rings. The van der Waals surface area contributed by atoms with Crippen LogP contribution in [0.4, 0.5) is 19.3 Å². The molecule has 1 amide bonds. The molecule has 0 saturated carbocycles. The first-order valence-electron chi connectivity index (χ1n) is 12.0. The number of benzene rings is 1. The number of aliphatic hydroxyl groups is 1. The van der Waals surface area contributed by atoms with Crippen molar-refractivity contribution in [2.75, 3.05) is 51.3 Å². The van der Waals surface area contributed by atoms with Gasteiger partial charge in [0.1, 0.15) is 17.7 Å². The molecule has 0 radical (unpaired) electrons. The summed E-state index contributed by atoms with van der Waals surface area (Å²) in [6, 6.07) is 2.50. The minimum absolute atomic E-state index is 0.0355. The number of rotatable bonds is 8. The Labute approximate surface area is 200 Å². The van der Waals surface area contributed by atoms with Gasteiger partial charge in [-0.05, 0) is 27.0 Å². The molecule has 2 aliphatic rings. The number of hydrogen-bond acceptors (Lipinski definition) is 7. The van der Waals surface area contributed by atoms with Crippen LogP contribution in [0.1, 0.15) is 45.1 Å². The van der Waals surface area contributed by atoms with Gasteiger partial charge in [0.2, 0.25) is 0 Å². The second-order valence-electron chi connectivity index (χ2n) is 9.23. The van der Waals surface area contributed by atoms with Crippen molar-refractivity contribution in [3.8, 4) is 0 Å². The molecule has 0 aliphatic carbocycles. The Balaban J connectivity index is 1.47. The summed E-state index contributed by atoms with van der Waals surface area (Å²) in [6.45, 7) is 6.45. The number of carbonyl (C=O) groups excluding carboxylic acids is 1. The minimum Gasteiger partial charge on any atom is -0.447 e. The lowest BCUT2D eigenvalue weighted by Crippen LogP contribution is -2.41. The van der Waals surface area contributed by atoms with E-state index in [0.717, 1.165) is 5.71 Å². The van der Waals surface area contributed by atoms with Gasteiger partial charge < -0.3 is 24.5 Å². The zero-order valence-electron chi connectivity index (χ0n) is 20.3. The van der Waals surface area contributed by atoms with Gasteiger partial charge in [-0.2, -0.15) is 0 Å². The van der Waals surface area contributed by atoms with Crippen LogP contribution in [-0.4, -0.2) is 85.3 Å². The number of aliphatic hydroxyl groups excluding tert-OH is 1. The molecule has 10 heteroatoms. The van der Waals surface area contributed by atoms with Crippen LogP contribution in [0, 0.1) is 11.6 Å². The van der Waals surface area contributed by atoms with Crippen LogP contribution in [-0.2, 0) is 16.1 Å². The van der Waals surface area contributed by atoms with E-state index in [1.165, 1.54) is 12.1 Å². The summed E-state index contributed by atoms with van der Waals surface area (Å²) in [5, 5.41) is 13.3. The molecule has 0 aromatic heterocycles. The van der Waals surface area contributed by atoms with E-state index >= 15 is 0 Å². The summed E-state index contributed by atoms with van der Waals surface area (Å²) in [7, 11) is 1.75. The first-order valence-corrected chi connectivity index (χ1v) is 12.0. The van der Waals surface area contributed by atoms with Crippen LogP contribution in [0.2, 0.25) is 0 Å². The van der Waals surface area contributed by atoms with Crippen molar-refractivity contribution in [3.05, 3.63) is 29.3 Å². The zero-order chi connectivity index (χ0) is 24.7. The van der Waals surface area contributed by atoms with Crippen molar-refractivity contribution < 1.29 is 28.3 Å².